The van der Waals surface area contributed by atoms with Gasteiger partial charge in [0.1, 0.15) is 11.6 Å². The van der Waals surface area contributed by atoms with E-state index in [4.69, 9.17) is 0 Å². The molecule has 2 N–H and O–H groups in total. The number of aromatic nitrogens is 1. The lowest BCUT2D eigenvalue weighted by molar-refractivity contribution is -0.136. The Morgan fingerprint density at radius 3 is 2.41 bits per heavy atom. The molecule has 1 aliphatic rings. The van der Waals surface area contributed by atoms with Crippen LogP contribution in [0.2, 0.25) is 0 Å². The Hall–Kier alpha value is -3.25. The molecule has 3 heterocycles. The lowest BCUT2D eigenvalue weighted by Crippen LogP contribution is -2.50. The number of amides is 2. The molecular weight excluding hydrogens is 510 g/mol. The van der Waals surface area contributed by atoms with Crippen LogP contribution >= 0.6 is 11.3 Å². The van der Waals surface area contributed by atoms with Gasteiger partial charge in [0.25, 0.3) is 5.91 Å². The number of rotatable bonds is 7. The van der Waals surface area contributed by atoms with Crippen molar-refractivity contribution in [2.45, 2.75) is 32.6 Å². The smallest absolute Gasteiger partial charge is 0.354 e. The van der Waals surface area contributed by atoms with Crippen molar-refractivity contribution in [1.82, 2.24) is 20.5 Å². The predicted molar refractivity (Wildman–Crippen MR) is 134 cm³/mol. The van der Waals surface area contributed by atoms with E-state index in [9.17, 15) is 27.2 Å². The molecule has 1 aliphatic heterocycles. The van der Waals surface area contributed by atoms with Gasteiger partial charge in [-0.15, -0.1) is 11.3 Å². The highest BCUT2D eigenvalue weighted by molar-refractivity contribution is 7.17. The summed E-state index contributed by atoms with van der Waals surface area (Å²) in [7, 11) is 0. The first kappa shape index (κ1) is 26.8. The van der Waals surface area contributed by atoms with Gasteiger partial charge < -0.3 is 15.5 Å². The summed E-state index contributed by atoms with van der Waals surface area (Å²) in [4.78, 5) is 33.1. The second-order valence-electron chi connectivity index (χ2n) is 9.15. The van der Waals surface area contributed by atoms with E-state index in [0.29, 0.717) is 31.7 Å². The van der Waals surface area contributed by atoms with E-state index in [1.165, 1.54) is 29.6 Å². The summed E-state index contributed by atoms with van der Waals surface area (Å²) in [5.41, 5.74) is -0.142. The molecule has 7 nitrogen and oxygen atoms in total. The molecule has 1 saturated heterocycles. The van der Waals surface area contributed by atoms with Crippen LogP contribution in [0.5, 0.6) is 0 Å². The fraction of sp³-hybridized carbons (Fsp3) is 0.400. The van der Waals surface area contributed by atoms with Gasteiger partial charge in [-0.1, -0.05) is 12.1 Å². The van der Waals surface area contributed by atoms with Crippen LogP contribution in [0.4, 0.5) is 23.4 Å². The van der Waals surface area contributed by atoms with Gasteiger partial charge >= 0.3 is 6.18 Å². The van der Waals surface area contributed by atoms with E-state index < -0.39 is 23.5 Å². The number of nitrogens with one attached hydrogen (secondary N) is 2. The molecule has 0 radical (unpaired) electrons. The molecule has 0 aliphatic carbocycles. The van der Waals surface area contributed by atoms with Crippen LogP contribution in [-0.4, -0.2) is 60.5 Å². The minimum Gasteiger partial charge on any atom is -0.354 e. The highest BCUT2D eigenvalue weighted by atomic mass is 32.1. The number of alkyl halides is 3. The first-order valence-electron chi connectivity index (χ1n) is 11.8. The van der Waals surface area contributed by atoms with Crippen LogP contribution in [0.1, 0.15) is 35.3 Å². The number of hydrogen-bond donors (Lipinski definition) is 2. The molecule has 12 heteroatoms. The average molecular weight is 538 g/mol. The zero-order valence-corrected chi connectivity index (χ0v) is 21.2. The molecule has 0 saturated carbocycles. The first-order chi connectivity index (χ1) is 17.5. The molecule has 1 fully saturated rings. The SMILES string of the molecule is CC(C)NC(=O)CN1CCN(c2cc(C(F)(F)F)c3scc(C(=O)NCc4ccc(F)cc4)c3n2)CC1. The quantitative estimate of drug-likeness (QED) is 0.445. The molecule has 198 valence electrons. The standard InChI is InChI=1S/C25H27F4N5O2S/c1-15(2)31-21(35)13-33-7-9-34(10-8-33)20-11-19(25(27,28)29)23-22(32-20)18(14-37-23)24(36)30-12-16-3-5-17(26)6-4-16/h3-6,11,14-15H,7-10,12-13H2,1-2H3,(H,30,36)(H,31,35). The molecular formula is C25H27F4N5O2S. The van der Waals surface area contributed by atoms with E-state index in [2.05, 4.69) is 15.6 Å². The summed E-state index contributed by atoms with van der Waals surface area (Å²) in [6.45, 7) is 5.81. The van der Waals surface area contributed by atoms with Crippen LogP contribution in [0.15, 0.2) is 35.7 Å². The lowest BCUT2D eigenvalue weighted by atomic mass is 10.1. The molecule has 2 aromatic heterocycles. The topological polar surface area (TPSA) is 77.6 Å². The zero-order valence-electron chi connectivity index (χ0n) is 20.4. The molecule has 0 unspecified atom stereocenters. The van der Waals surface area contributed by atoms with E-state index in [0.717, 1.165) is 17.4 Å². The van der Waals surface area contributed by atoms with Gasteiger partial charge in [0.2, 0.25) is 5.91 Å². The maximum atomic E-state index is 14.0. The summed E-state index contributed by atoms with van der Waals surface area (Å²) in [6, 6.07) is 6.62. The van der Waals surface area contributed by atoms with Crippen molar-refractivity contribution in [2.24, 2.45) is 0 Å². The number of anilines is 1. The number of halogens is 4. The van der Waals surface area contributed by atoms with Crippen molar-refractivity contribution in [2.75, 3.05) is 37.6 Å². The Bertz CT molecular complexity index is 1270. The Kier molecular flexibility index (Phi) is 7.98. The minimum atomic E-state index is -4.63. The van der Waals surface area contributed by atoms with Crippen molar-refractivity contribution in [3.63, 3.8) is 0 Å². The maximum Gasteiger partial charge on any atom is 0.417 e. The lowest BCUT2D eigenvalue weighted by Gasteiger charge is -2.35. The Morgan fingerprint density at radius 1 is 1.11 bits per heavy atom. The van der Waals surface area contributed by atoms with Gasteiger partial charge in [-0.3, -0.25) is 14.5 Å². The summed E-state index contributed by atoms with van der Waals surface area (Å²) < 4.78 is 54.9. The molecule has 0 bridgehead atoms. The Labute approximate surface area is 215 Å². The highest BCUT2D eigenvalue weighted by Gasteiger charge is 2.36. The fourth-order valence-corrected chi connectivity index (χ4v) is 5.14. The molecule has 1 aromatic carbocycles. The molecule has 0 spiro atoms. The van der Waals surface area contributed by atoms with Crippen LogP contribution in [0.25, 0.3) is 10.2 Å². The molecule has 0 atom stereocenters. The number of carbonyl (C=O) groups is 2. The van der Waals surface area contributed by atoms with Gasteiger partial charge in [0.05, 0.1) is 27.9 Å². The van der Waals surface area contributed by atoms with E-state index in [1.54, 1.807) is 4.90 Å². The molecule has 2 amide bonds. The van der Waals surface area contributed by atoms with E-state index >= 15 is 0 Å². The Balaban J connectivity index is 1.54. The average Bonchev–Trinajstić information content (AvgIpc) is 3.26. The number of hydrogen-bond acceptors (Lipinski definition) is 6. The number of carbonyl (C=O) groups excluding carboxylic acids is 2. The van der Waals surface area contributed by atoms with Crippen LogP contribution in [0.3, 0.4) is 0 Å². The van der Waals surface area contributed by atoms with Crippen molar-refractivity contribution in [1.29, 1.82) is 0 Å². The maximum absolute atomic E-state index is 14.0. The zero-order chi connectivity index (χ0) is 26.7. The van der Waals surface area contributed by atoms with Crippen molar-refractivity contribution >= 4 is 39.2 Å². The van der Waals surface area contributed by atoms with E-state index in [-0.39, 0.29) is 46.6 Å². The van der Waals surface area contributed by atoms with Gasteiger partial charge in [-0.05, 0) is 37.6 Å². The summed E-state index contributed by atoms with van der Waals surface area (Å²) in [6.07, 6.45) is -4.63. The van der Waals surface area contributed by atoms with Crippen LogP contribution in [0, 0.1) is 5.82 Å². The third kappa shape index (κ3) is 6.55. The summed E-state index contributed by atoms with van der Waals surface area (Å²) in [5.74, 6) is -0.932. The summed E-state index contributed by atoms with van der Waals surface area (Å²) in [5, 5.41) is 6.88. The van der Waals surface area contributed by atoms with Gasteiger partial charge in [0, 0.05) is 44.1 Å². The third-order valence-corrected chi connectivity index (χ3v) is 6.94. The second-order valence-corrected chi connectivity index (χ2v) is 10.0. The molecule has 37 heavy (non-hydrogen) atoms. The third-order valence-electron chi connectivity index (χ3n) is 5.94. The fourth-order valence-electron chi connectivity index (χ4n) is 4.11. The van der Waals surface area contributed by atoms with Crippen molar-refractivity contribution in [3.8, 4) is 0 Å². The van der Waals surface area contributed by atoms with Crippen LogP contribution in [-0.2, 0) is 17.5 Å². The first-order valence-corrected chi connectivity index (χ1v) is 12.7. The second kappa shape index (κ2) is 11.0. The van der Waals surface area contributed by atoms with Gasteiger partial charge in [0.15, 0.2) is 0 Å². The molecule has 3 aromatic rings. The van der Waals surface area contributed by atoms with Crippen LogP contribution < -0.4 is 15.5 Å². The van der Waals surface area contributed by atoms with Crippen molar-refractivity contribution in [3.05, 3.63) is 58.2 Å². The number of pyridine rings is 1. The van der Waals surface area contributed by atoms with Crippen molar-refractivity contribution < 1.29 is 27.2 Å². The minimum absolute atomic E-state index is 0.00910. The van der Waals surface area contributed by atoms with Gasteiger partial charge in [-0.25, -0.2) is 9.37 Å². The number of piperazine rings is 1. The number of fused-ring (bicyclic) bond motifs is 1. The summed E-state index contributed by atoms with van der Waals surface area (Å²) >= 11 is 0.823. The number of nitrogens with zero attached hydrogens (tertiary/aromatic N) is 3. The number of thiophene rings is 1. The monoisotopic (exact) mass is 537 g/mol. The number of benzene rings is 1. The largest absolute Gasteiger partial charge is 0.417 e. The Morgan fingerprint density at radius 2 is 1.78 bits per heavy atom. The van der Waals surface area contributed by atoms with E-state index in [1.807, 2.05) is 18.7 Å². The predicted octanol–water partition coefficient (Wildman–Crippen LogP) is 4.03. The molecule has 4 rings (SSSR count). The normalized spacial score (nSPS) is 14.8. The van der Waals surface area contributed by atoms with Gasteiger partial charge in [-0.2, -0.15) is 13.2 Å². The highest BCUT2D eigenvalue weighted by Crippen LogP contribution is 2.40.